The molecule has 160 valence electrons. The van der Waals surface area contributed by atoms with Crippen molar-refractivity contribution in [3.05, 3.63) is 64.4 Å². The van der Waals surface area contributed by atoms with Crippen molar-refractivity contribution in [3.63, 3.8) is 0 Å². The maximum Gasteiger partial charge on any atom is 0.186 e. The number of anilines is 1. The summed E-state index contributed by atoms with van der Waals surface area (Å²) in [5.74, 6) is 1.66. The fourth-order valence-corrected chi connectivity index (χ4v) is 4.13. The van der Waals surface area contributed by atoms with Crippen LogP contribution in [0.1, 0.15) is 42.6 Å². The molecule has 1 aliphatic rings. The van der Waals surface area contributed by atoms with E-state index in [-0.39, 0.29) is 18.0 Å². The first-order valence-corrected chi connectivity index (χ1v) is 10.9. The average Bonchev–Trinajstić information content (AvgIpc) is 2.73. The zero-order chi connectivity index (χ0) is 21.8. The maximum absolute atomic E-state index is 5.98. The highest BCUT2D eigenvalue weighted by atomic mass is 35.5. The van der Waals surface area contributed by atoms with E-state index in [0.29, 0.717) is 10.8 Å². The van der Waals surface area contributed by atoms with Crippen molar-refractivity contribution in [2.75, 3.05) is 5.32 Å². The Morgan fingerprint density at radius 3 is 2.68 bits per heavy atom. The predicted molar refractivity (Wildman–Crippen MR) is 130 cm³/mol. The van der Waals surface area contributed by atoms with Crippen LogP contribution in [0, 0.1) is 6.92 Å². The zero-order valence-electron chi connectivity index (χ0n) is 17.6. The molecule has 2 aromatic carbocycles. The van der Waals surface area contributed by atoms with E-state index in [4.69, 9.17) is 33.0 Å². The zero-order valence-corrected chi connectivity index (χ0v) is 18.3. The summed E-state index contributed by atoms with van der Waals surface area (Å²) in [6.45, 7) is 2.08. The molecular weight excluding hydrogens is 408 g/mol. The first kappa shape index (κ1) is 21.1. The second-order valence-corrected chi connectivity index (χ2v) is 8.49. The van der Waals surface area contributed by atoms with Gasteiger partial charge in [0, 0.05) is 16.5 Å². The first-order valence-electron chi connectivity index (χ1n) is 10.5. The minimum atomic E-state index is 0.148. The fraction of sp³-hybridized carbons (Fsp3) is 0.292. The SMILES string of the molecule is Cc1ccc2nc(C=Cc3ccc(Cl)cc3)nc(N[C@@H]3CCC[C@@H](N=C(N)N)C3)c2c1. The molecule has 31 heavy (non-hydrogen) atoms. The van der Waals surface area contributed by atoms with Gasteiger partial charge in [0.05, 0.1) is 11.6 Å². The third kappa shape index (κ3) is 5.52. The van der Waals surface area contributed by atoms with Crippen molar-refractivity contribution < 1.29 is 0 Å². The van der Waals surface area contributed by atoms with Gasteiger partial charge in [0.15, 0.2) is 11.8 Å². The van der Waals surface area contributed by atoms with E-state index in [9.17, 15) is 0 Å². The summed E-state index contributed by atoms with van der Waals surface area (Å²) in [6, 6.07) is 14.3. The normalized spacial score (nSPS) is 18.9. The highest BCUT2D eigenvalue weighted by Gasteiger charge is 2.22. The van der Waals surface area contributed by atoms with Gasteiger partial charge in [0.25, 0.3) is 0 Å². The van der Waals surface area contributed by atoms with E-state index in [1.807, 2.05) is 42.5 Å². The molecule has 4 rings (SSSR count). The second-order valence-electron chi connectivity index (χ2n) is 8.05. The number of hydrogen-bond donors (Lipinski definition) is 3. The molecule has 0 radical (unpaired) electrons. The van der Waals surface area contributed by atoms with Gasteiger partial charge in [-0.3, -0.25) is 4.99 Å². The van der Waals surface area contributed by atoms with Gasteiger partial charge in [-0.05, 0) is 68.5 Å². The van der Waals surface area contributed by atoms with Gasteiger partial charge in [0.2, 0.25) is 0 Å². The summed E-state index contributed by atoms with van der Waals surface area (Å²) in [5, 5.41) is 5.38. The largest absolute Gasteiger partial charge is 0.370 e. The number of halogens is 1. The van der Waals surface area contributed by atoms with Gasteiger partial charge in [-0.15, -0.1) is 0 Å². The van der Waals surface area contributed by atoms with E-state index in [1.54, 1.807) is 0 Å². The van der Waals surface area contributed by atoms with Crippen LogP contribution in [0.25, 0.3) is 23.1 Å². The minimum absolute atomic E-state index is 0.148. The lowest BCUT2D eigenvalue weighted by Crippen LogP contribution is -2.32. The highest BCUT2D eigenvalue weighted by Crippen LogP contribution is 2.28. The molecule has 0 unspecified atom stereocenters. The number of nitrogens with two attached hydrogens (primary N) is 2. The summed E-state index contributed by atoms with van der Waals surface area (Å²) < 4.78 is 0. The van der Waals surface area contributed by atoms with Gasteiger partial charge in [-0.25, -0.2) is 9.97 Å². The average molecular weight is 435 g/mol. The van der Waals surface area contributed by atoms with E-state index >= 15 is 0 Å². The van der Waals surface area contributed by atoms with Crippen LogP contribution in [0.5, 0.6) is 0 Å². The van der Waals surface area contributed by atoms with Crippen LogP contribution in [0.2, 0.25) is 5.02 Å². The van der Waals surface area contributed by atoms with Crippen molar-refractivity contribution in [2.45, 2.75) is 44.7 Å². The Labute approximate surface area is 187 Å². The van der Waals surface area contributed by atoms with Gasteiger partial charge >= 0.3 is 0 Å². The van der Waals surface area contributed by atoms with Crippen LogP contribution in [-0.4, -0.2) is 28.0 Å². The molecule has 1 heterocycles. The van der Waals surface area contributed by atoms with Gasteiger partial charge in [0.1, 0.15) is 5.82 Å². The molecule has 0 amide bonds. The van der Waals surface area contributed by atoms with Crippen LogP contribution in [-0.2, 0) is 0 Å². The standard InChI is InChI=1S/C24H27ClN6/c1-15-5-11-21-20(13-15)23(28-18-3-2-4-19(14-18)29-24(26)27)31-22(30-21)12-8-16-6-9-17(25)10-7-16/h5-13,18-19H,2-4,14H2,1H3,(H4,26,27,29)(H,28,30,31)/t18-,19-/m1/s1. The minimum Gasteiger partial charge on any atom is -0.370 e. The molecule has 0 spiro atoms. The fourth-order valence-electron chi connectivity index (χ4n) is 4.01. The van der Waals surface area contributed by atoms with Crippen molar-refractivity contribution in [1.82, 2.24) is 9.97 Å². The molecule has 3 aromatic rings. The molecule has 2 atom stereocenters. The molecule has 6 nitrogen and oxygen atoms in total. The number of benzene rings is 2. The number of hydrogen-bond acceptors (Lipinski definition) is 4. The molecule has 1 fully saturated rings. The van der Waals surface area contributed by atoms with Crippen molar-refractivity contribution >= 4 is 46.4 Å². The lowest BCUT2D eigenvalue weighted by molar-refractivity contribution is 0.410. The molecule has 1 saturated carbocycles. The van der Waals surface area contributed by atoms with Crippen molar-refractivity contribution in [3.8, 4) is 0 Å². The summed E-state index contributed by atoms with van der Waals surface area (Å²) >= 11 is 5.98. The summed E-state index contributed by atoms with van der Waals surface area (Å²) in [4.78, 5) is 13.9. The number of aromatic nitrogens is 2. The predicted octanol–water partition coefficient (Wildman–Crippen LogP) is 4.76. The van der Waals surface area contributed by atoms with Crippen LogP contribution in [0.3, 0.4) is 0 Å². The molecule has 1 aromatic heterocycles. The Morgan fingerprint density at radius 2 is 1.90 bits per heavy atom. The lowest BCUT2D eigenvalue weighted by atomic mass is 9.91. The molecule has 5 N–H and O–H groups in total. The summed E-state index contributed by atoms with van der Waals surface area (Å²) in [6.07, 6.45) is 7.94. The number of nitrogens with zero attached hydrogens (tertiary/aromatic N) is 3. The lowest BCUT2D eigenvalue weighted by Gasteiger charge is -2.28. The molecule has 1 aliphatic carbocycles. The first-order chi connectivity index (χ1) is 15.0. The maximum atomic E-state index is 5.98. The smallest absolute Gasteiger partial charge is 0.186 e. The Bertz CT molecular complexity index is 1120. The Hall–Kier alpha value is -3.12. The Balaban J connectivity index is 1.63. The number of guanidine groups is 1. The molecule has 0 bridgehead atoms. The molecule has 0 saturated heterocycles. The van der Waals surface area contributed by atoms with Gasteiger partial charge < -0.3 is 16.8 Å². The van der Waals surface area contributed by atoms with Crippen molar-refractivity contribution in [2.24, 2.45) is 16.5 Å². The van der Waals surface area contributed by atoms with Crippen molar-refractivity contribution in [1.29, 1.82) is 0 Å². The highest BCUT2D eigenvalue weighted by molar-refractivity contribution is 6.30. The van der Waals surface area contributed by atoms with Gasteiger partial charge in [-0.2, -0.15) is 0 Å². The van der Waals surface area contributed by atoms with E-state index < -0.39 is 0 Å². The van der Waals surface area contributed by atoms with E-state index in [0.717, 1.165) is 48.0 Å². The summed E-state index contributed by atoms with van der Waals surface area (Å²) in [7, 11) is 0. The Morgan fingerprint density at radius 1 is 1.10 bits per heavy atom. The molecule has 7 heteroatoms. The van der Waals surface area contributed by atoms with Crippen LogP contribution in [0.4, 0.5) is 5.82 Å². The van der Waals surface area contributed by atoms with E-state index in [1.165, 1.54) is 5.56 Å². The van der Waals surface area contributed by atoms with Crippen LogP contribution < -0.4 is 16.8 Å². The number of aliphatic imine (C=N–C) groups is 1. The second kappa shape index (κ2) is 9.35. The van der Waals surface area contributed by atoms with Crippen LogP contribution in [0.15, 0.2) is 47.5 Å². The van der Waals surface area contributed by atoms with E-state index in [2.05, 4.69) is 29.4 Å². The molecule has 0 aliphatic heterocycles. The number of aryl methyl sites for hydroxylation is 1. The topological polar surface area (TPSA) is 102 Å². The third-order valence-electron chi connectivity index (χ3n) is 5.48. The van der Waals surface area contributed by atoms with Crippen LogP contribution >= 0.6 is 11.6 Å². The Kier molecular flexibility index (Phi) is 6.37. The van der Waals surface area contributed by atoms with Gasteiger partial charge in [-0.1, -0.05) is 41.4 Å². The summed E-state index contributed by atoms with van der Waals surface area (Å²) in [5.41, 5.74) is 14.3. The number of rotatable bonds is 5. The quantitative estimate of drug-likeness (QED) is 0.397. The number of nitrogens with one attached hydrogen (secondary N) is 1. The monoisotopic (exact) mass is 434 g/mol. The third-order valence-corrected chi connectivity index (χ3v) is 5.73. The number of fused-ring (bicyclic) bond motifs is 1. The molecular formula is C24H27ClN6.